The summed E-state index contributed by atoms with van der Waals surface area (Å²) in [6, 6.07) is 12.4. The Morgan fingerprint density at radius 3 is 2.71 bits per heavy atom. The summed E-state index contributed by atoms with van der Waals surface area (Å²) in [5, 5.41) is 4.58. The van der Waals surface area contributed by atoms with Crippen LogP contribution < -0.4 is 10.5 Å². The van der Waals surface area contributed by atoms with Crippen molar-refractivity contribution in [2.45, 2.75) is 45.2 Å². The zero-order valence-corrected chi connectivity index (χ0v) is 12.9. The summed E-state index contributed by atoms with van der Waals surface area (Å²) in [4.78, 5) is 0. The number of rotatable bonds is 8. The van der Waals surface area contributed by atoms with E-state index in [4.69, 9.17) is 10.5 Å². The van der Waals surface area contributed by atoms with Crippen LogP contribution in [0.4, 0.5) is 0 Å². The predicted molar refractivity (Wildman–Crippen MR) is 85.5 cm³/mol. The molecule has 21 heavy (non-hydrogen) atoms. The molecule has 0 radical (unpaired) electrons. The van der Waals surface area contributed by atoms with Crippen LogP contribution in [-0.2, 0) is 6.42 Å². The lowest BCUT2D eigenvalue weighted by molar-refractivity contribution is 0.296. The quantitative estimate of drug-likeness (QED) is 0.811. The number of benzene rings is 1. The zero-order valence-electron chi connectivity index (χ0n) is 12.9. The van der Waals surface area contributed by atoms with Crippen molar-refractivity contribution in [3.8, 4) is 5.75 Å². The molecule has 0 aliphatic rings. The molecule has 2 N–H and O–H groups in total. The monoisotopic (exact) mass is 287 g/mol. The van der Waals surface area contributed by atoms with Crippen molar-refractivity contribution < 1.29 is 4.74 Å². The topological polar surface area (TPSA) is 53.1 Å². The van der Waals surface area contributed by atoms with Crippen LogP contribution in [0.5, 0.6) is 5.75 Å². The number of nitrogens with two attached hydrogens (primary N) is 1. The van der Waals surface area contributed by atoms with Gasteiger partial charge in [-0.05, 0) is 38.0 Å². The van der Waals surface area contributed by atoms with Crippen LogP contribution >= 0.6 is 0 Å². The van der Waals surface area contributed by atoms with Crippen molar-refractivity contribution in [2.24, 2.45) is 5.73 Å². The first-order valence-electron chi connectivity index (χ1n) is 7.66. The summed E-state index contributed by atoms with van der Waals surface area (Å²) in [7, 11) is 0. The molecule has 0 aliphatic carbocycles. The molecule has 0 saturated carbocycles. The Hall–Kier alpha value is -1.81. The Kier molecular flexibility index (Phi) is 5.81. The third-order valence-electron chi connectivity index (χ3n) is 3.68. The van der Waals surface area contributed by atoms with Crippen LogP contribution in [0.25, 0.3) is 0 Å². The highest BCUT2D eigenvalue weighted by Crippen LogP contribution is 2.12. The van der Waals surface area contributed by atoms with Gasteiger partial charge < -0.3 is 10.5 Å². The van der Waals surface area contributed by atoms with Gasteiger partial charge in [0.2, 0.25) is 0 Å². The number of para-hydroxylation sites is 1. The average Bonchev–Trinajstić information content (AvgIpc) is 2.96. The van der Waals surface area contributed by atoms with E-state index in [0.29, 0.717) is 12.6 Å². The van der Waals surface area contributed by atoms with Gasteiger partial charge in [-0.25, -0.2) is 0 Å². The molecule has 2 atom stereocenters. The summed E-state index contributed by atoms with van der Waals surface area (Å²) in [6.45, 7) is 4.97. The van der Waals surface area contributed by atoms with Crippen molar-refractivity contribution in [1.29, 1.82) is 0 Å². The molecule has 4 heteroatoms. The second-order valence-electron chi connectivity index (χ2n) is 5.46. The minimum Gasteiger partial charge on any atom is -0.494 e. The Morgan fingerprint density at radius 2 is 2.00 bits per heavy atom. The molecule has 0 amide bonds. The molecule has 2 unspecified atom stereocenters. The fraction of sp³-hybridized carbons (Fsp3) is 0.471. The van der Waals surface area contributed by atoms with E-state index in [1.54, 1.807) is 0 Å². The summed E-state index contributed by atoms with van der Waals surface area (Å²) in [6.07, 6.45) is 4.74. The molecule has 0 fully saturated rings. The van der Waals surface area contributed by atoms with Crippen LogP contribution in [0.2, 0.25) is 0 Å². The maximum absolute atomic E-state index is 6.16. The van der Waals surface area contributed by atoms with Crippen molar-refractivity contribution in [1.82, 2.24) is 9.78 Å². The molecule has 1 heterocycles. The highest BCUT2D eigenvalue weighted by molar-refractivity contribution is 5.20. The molecular formula is C17H25N3O. The summed E-state index contributed by atoms with van der Waals surface area (Å²) in [5.74, 6) is 0.894. The fourth-order valence-electron chi connectivity index (χ4n) is 2.13. The van der Waals surface area contributed by atoms with Gasteiger partial charge in [0, 0.05) is 24.7 Å². The number of hydrogen-bond donors (Lipinski definition) is 1. The van der Waals surface area contributed by atoms with E-state index in [-0.39, 0.29) is 6.04 Å². The first kappa shape index (κ1) is 15.6. The van der Waals surface area contributed by atoms with Crippen molar-refractivity contribution >= 4 is 0 Å². The Balaban J connectivity index is 1.74. The van der Waals surface area contributed by atoms with Crippen LogP contribution in [0, 0.1) is 0 Å². The van der Waals surface area contributed by atoms with Gasteiger partial charge in [0.15, 0.2) is 0 Å². The molecule has 0 saturated heterocycles. The third kappa shape index (κ3) is 4.90. The van der Waals surface area contributed by atoms with Gasteiger partial charge in [0.1, 0.15) is 5.75 Å². The number of nitrogens with zero attached hydrogens (tertiary/aromatic N) is 2. The van der Waals surface area contributed by atoms with Crippen LogP contribution in [0.15, 0.2) is 42.6 Å². The predicted octanol–water partition coefficient (Wildman–Crippen LogP) is 3.19. The Labute approximate surface area is 126 Å². The third-order valence-corrected chi connectivity index (χ3v) is 3.68. The molecule has 4 nitrogen and oxygen atoms in total. The van der Waals surface area contributed by atoms with Crippen LogP contribution in [-0.4, -0.2) is 22.4 Å². The van der Waals surface area contributed by atoms with Crippen molar-refractivity contribution in [3.05, 3.63) is 48.3 Å². The van der Waals surface area contributed by atoms with Gasteiger partial charge in [-0.2, -0.15) is 5.10 Å². The average molecular weight is 287 g/mol. The lowest BCUT2D eigenvalue weighted by Crippen LogP contribution is -2.25. The second kappa shape index (κ2) is 7.84. The lowest BCUT2D eigenvalue weighted by atomic mass is 10.1. The largest absolute Gasteiger partial charge is 0.494 e. The normalized spacial score (nSPS) is 13.9. The smallest absolute Gasteiger partial charge is 0.119 e. The molecule has 1 aromatic heterocycles. The van der Waals surface area contributed by atoms with Gasteiger partial charge in [0.05, 0.1) is 12.3 Å². The summed E-state index contributed by atoms with van der Waals surface area (Å²) < 4.78 is 7.69. The van der Waals surface area contributed by atoms with E-state index in [0.717, 1.165) is 30.7 Å². The van der Waals surface area contributed by atoms with Crippen molar-refractivity contribution in [3.63, 3.8) is 0 Å². The molecule has 0 spiro atoms. The molecule has 114 valence electrons. The standard InChI is InChI=1S/C17H25N3O/c1-3-14(2)20-11-9-16(19-20)13-15(18)10-12-21-17-7-5-4-6-8-17/h4-9,11,14-15H,3,10,12-13,18H2,1-2H3. The molecular weight excluding hydrogens is 262 g/mol. The van der Waals surface area contributed by atoms with E-state index in [9.17, 15) is 0 Å². The van der Waals surface area contributed by atoms with Gasteiger partial charge in [0.25, 0.3) is 0 Å². The van der Waals surface area contributed by atoms with Gasteiger partial charge in [-0.15, -0.1) is 0 Å². The maximum Gasteiger partial charge on any atom is 0.119 e. The van der Waals surface area contributed by atoms with E-state index in [2.05, 4.69) is 25.0 Å². The minimum absolute atomic E-state index is 0.0778. The molecule has 1 aromatic carbocycles. The lowest BCUT2D eigenvalue weighted by Gasteiger charge is -2.12. The van der Waals surface area contributed by atoms with E-state index >= 15 is 0 Å². The van der Waals surface area contributed by atoms with Gasteiger partial charge in [-0.1, -0.05) is 25.1 Å². The van der Waals surface area contributed by atoms with E-state index in [1.807, 2.05) is 41.2 Å². The SMILES string of the molecule is CCC(C)n1ccc(CC(N)CCOc2ccccc2)n1. The Morgan fingerprint density at radius 1 is 1.24 bits per heavy atom. The summed E-state index contributed by atoms with van der Waals surface area (Å²) >= 11 is 0. The maximum atomic E-state index is 6.16. The van der Waals surface area contributed by atoms with Crippen molar-refractivity contribution in [2.75, 3.05) is 6.61 Å². The number of ether oxygens (including phenoxy) is 1. The summed E-state index contributed by atoms with van der Waals surface area (Å²) in [5.41, 5.74) is 7.22. The zero-order chi connectivity index (χ0) is 15.1. The highest BCUT2D eigenvalue weighted by atomic mass is 16.5. The molecule has 0 bridgehead atoms. The number of aromatic nitrogens is 2. The van der Waals surface area contributed by atoms with Crippen LogP contribution in [0.3, 0.4) is 0 Å². The van der Waals surface area contributed by atoms with Gasteiger partial charge >= 0.3 is 0 Å². The molecule has 2 rings (SSSR count). The highest BCUT2D eigenvalue weighted by Gasteiger charge is 2.09. The van der Waals surface area contributed by atoms with Gasteiger partial charge in [-0.3, -0.25) is 4.68 Å². The first-order chi connectivity index (χ1) is 10.2. The van der Waals surface area contributed by atoms with E-state index < -0.39 is 0 Å². The fourth-order valence-corrected chi connectivity index (χ4v) is 2.13. The Bertz CT molecular complexity index is 524. The van der Waals surface area contributed by atoms with Crippen LogP contribution in [0.1, 0.15) is 38.4 Å². The minimum atomic E-state index is 0.0778. The van der Waals surface area contributed by atoms with E-state index in [1.165, 1.54) is 0 Å². The molecule has 0 aliphatic heterocycles. The number of hydrogen-bond acceptors (Lipinski definition) is 3. The second-order valence-corrected chi connectivity index (χ2v) is 5.46. The molecule has 2 aromatic rings. The first-order valence-corrected chi connectivity index (χ1v) is 7.66.